The molecule has 0 aliphatic carbocycles. The van der Waals surface area contributed by atoms with Gasteiger partial charge < -0.3 is 4.90 Å². The average molecular weight is 309 g/mol. The Kier molecular flexibility index (Phi) is 3.35. The van der Waals surface area contributed by atoms with E-state index in [4.69, 9.17) is 0 Å². The van der Waals surface area contributed by atoms with E-state index in [1.807, 2.05) is 29.2 Å². The lowest BCUT2D eigenvalue weighted by atomic mass is 10.1. The van der Waals surface area contributed by atoms with E-state index < -0.39 is 0 Å². The van der Waals surface area contributed by atoms with E-state index in [2.05, 4.69) is 26.8 Å². The average Bonchev–Trinajstić information content (AvgIpc) is 3.24. The first-order valence-electron chi connectivity index (χ1n) is 7.38. The minimum Gasteiger partial charge on any atom is -0.330 e. The van der Waals surface area contributed by atoms with E-state index >= 15 is 0 Å². The molecule has 1 aliphatic rings. The van der Waals surface area contributed by atoms with Gasteiger partial charge in [-0.15, -0.1) is 0 Å². The number of benzene rings is 1. The Hall–Kier alpha value is -2.27. The summed E-state index contributed by atoms with van der Waals surface area (Å²) >= 11 is 1.67. The number of carbonyl (C=O) groups excluding carboxylic acids is 1. The van der Waals surface area contributed by atoms with Crippen LogP contribution in [0.2, 0.25) is 0 Å². The molecule has 0 unspecified atom stereocenters. The van der Waals surface area contributed by atoms with Gasteiger partial charge in [0.15, 0.2) is 0 Å². The molecule has 0 N–H and O–H groups in total. The summed E-state index contributed by atoms with van der Waals surface area (Å²) in [7, 11) is 0. The van der Waals surface area contributed by atoms with Crippen LogP contribution in [0.25, 0.3) is 11.0 Å². The topological polar surface area (TPSA) is 46.1 Å². The van der Waals surface area contributed by atoms with Crippen molar-refractivity contribution in [1.29, 1.82) is 0 Å². The Balaban J connectivity index is 1.67. The molecule has 1 amide bonds. The first-order chi connectivity index (χ1) is 10.8. The van der Waals surface area contributed by atoms with Crippen molar-refractivity contribution in [3.8, 4) is 0 Å². The van der Waals surface area contributed by atoms with Crippen molar-refractivity contribution >= 4 is 28.3 Å². The van der Waals surface area contributed by atoms with Crippen LogP contribution in [0.1, 0.15) is 34.9 Å². The van der Waals surface area contributed by atoms with Crippen molar-refractivity contribution in [3.63, 3.8) is 0 Å². The SMILES string of the molecule is O=C(c1cnc2ccccc2n1)N1CCC[C@H]1c1ccsc1. The molecule has 4 nitrogen and oxygen atoms in total. The Morgan fingerprint density at radius 1 is 1.23 bits per heavy atom. The first-order valence-corrected chi connectivity index (χ1v) is 8.32. The minimum atomic E-state index is -0.0213. The van der Waals surface area contributed by atoms with Gasteiger partial charge in [0, 0.05) is 6.54 Å². The van der Waals surface area contributed by atoms with Crippen molar-refractivity contribution in [2.45, 2.75) is 18.9 Å². The van der Waals surface area contributed by atoms with Gasteiger partial charge >= 0.3 is 0 Å². The molecule has 0 bridgehead atoms. The lowest BCUT2D eigenvalue weighted by molar-refractivity contribution is 0.0730. The summed E-state index contributed by atoms with van der Waals surface area (Å²) in [6.45, 7) is 0.786. The van der Waals surface area contributed by atoms with Gasteiger partial charge in [-0.05, 0) is 47.4 Å². The zero-order chi connectivity index (χ0) is 14.9. The number of hydrogen-bond acceptors (Lipinski definition) is 4. The Morgan fingerprint density at radius 2 is 2.09 bits per heavy atom. The highest BCUT2D eigenvalue weighted by molar-refractivity contribution is 7.08. The van der Waals surface area contributed by atoms with Gasteiger partial charge in [-0.25, -0.2) is 4.98 Å². The number of fused-ring (bicyclic) bond motifs is 1. The zero-order valence-corrected chi connectivity index (χ0v) is 12.8. The van der Waals surface area contributed by atoms with Gasteiger partial charge in [0.05, 0.1) is 23.3 Å². The van der Waals surface area contributed by atoms with E-state index in [9.17, 15) is 4.79 Å². The molecule has 5 heteroatoms. The minimum absolute atomic E-state index is 0.0213. The lowest BCUT2D eigenvalue weighted by Gasteiger charge is -2.23. The van der Waals surface area contributed by atoms with E-state index in [0.29, 0.717) is 5.69 Å². The number of likely N-dealkylation sites (tertiary alicyclic amines) is 1. The fourth-order valence-electron chi connectivity index (χ4n) is 3.03. The van der Waals surface area contributed by atoms with E-state index in [1.54, 1.807) is 17.5 Å². The molecule has 110 valence electrons. The van der Waals surface area contributed by atoms with Gasteiger partial charge in [-0.2, -0.15) is 11.3 Å². The highest BCUT2D eigenvalue weighted by Gasteiger charge is 2.31. The van der Waals surface area contributed by atoms with Crippen LogP contribution in [-0.2, 0) is 0 Å². The molecule has 1 aromatic carbocycles. The third kappa shape index (κ3) is 2.27. The van der Waals surface area contributed by atoms with Crippen molar-refractivity contribution in [3.05, 3.63) is 58.5 Å². The molecule has 0 saturated carbocycles. The second-order valence-electron chi connectivity index (χ2n) is 5.46. The summed E-state index contributed by atoms with van der Waals surface area (Å²) in [5.41, 5.74) is 3.24. The zero-order valence-electron chi connectivity index (χ0n) is 12.0. The second kappa shape index (κ2) is 5.50. The molecule has 3 aromatic rings. The summed E-state index contributed by atoms with van der Waals surface area (Å²) in [6, 6.07) is 9.90. The van der Waals surface area contributed by atoms with Crippen LogP contribution in [0.3, 0.4) is 0 Å². The highest BCUT2D eigenvalue weighted by Crippen LogP contribution is 2.33. The van der Waals surface area contributed by atoms with Gasteiger partial charge in [0.1, 0.15) is 5.69 Å². The van der Waals surface area contributed by atoms with Crippen LogP contribution in [0.4, 0.5) is 0 Å². The quantitative estimate of drug-likeness (QED) is 0.725. The Labute approximate surface area is 132 Å². The third-order valence-corrected chi connectivity index (χ3v) is 4.81. The van der Waals surface area contributed by atoms with Gasteiger partial charge in [-0.1, -0.05) is 12.1 Å². The van der Waals surface area contributed by atoms with Crippen molar-refractivity contribution in [2.75, 3.05) is 6.54 Å². The normalized spacial score (nSPS) is 18.0. The Bertz CT molecular complexity index is 816. The van der Waals surface area contributed by atoms with Crippen LogP contribution in [0, 0.1) is 0 Å². The molecule has 3 heterocycles. The van der Waals surface area contributed by atoms with Crippen LogP contribution >= 0.6 is 11.3 Å². The Morgan fingerprint density at radius 3 is 2.91 bits per heavy atom. The number of rotatable bonds is 2. The molecular formula is C17H15N3OS. The molecule has 0 radical (unpaired) electrons. The predicted octanol–water partition coefficient (Wildman–Crippen LogP) is 3.67. The summed E-state index contributed by atoms with van der Waals surface area (Å²) in [5, 5.41) is 4.19. The summed E-state index contributed by atoms with van der Waals surface area (Å²) < 4.78 is 0. The summed E-state index contributed by atoms with van der Waals surface area (Å²) in [4.78, 5) is 23.6. The summed E-state index contributed by atoms with van der Waals surface area (Å²) in [6.07, 6.45) is 3.64. The smallest absolute Gasteiger partial charge is 0.274 e. The molecular weight excluding hydrogens is 294 g/mol. The summed E-state index contributed by atoms with van der Waals surface area (Å²) in [5.74, 6) is -0.0213. The standard InChI is InChI=1S/C17H15N3OS/c21-17(15-10-18-13-4-1-2-5-14(13)19-15)20-8-3-6-16(20)12-7-9-22-11-12/h1-2,4-5,7,9-11,16H,3,6,8H2/t16-/m0/s1. The molecule has 0 spiro atoms. The number of hydrogen-bond donors (Lipinski definition) is 0. The molecule has 1 atom stereocenters. The van der Waals surface area contributed by atoms with Gasteiger partial charge in [-0.3, -0.25) is 9.78 Å². The molecule has 2 aromatic heterocycles. The molecule has 4 rings (SSSR count). The first kappa shape index (κ1) is 13.4. The van der Waals surface area contributed by atoms with Gasteiger partial charge in [0.2, 0.25) is 0 Å². The van der Waals surface area contributed by atoms with Crippen LogP contribution in [0.15, 0.2) is 47.3 Å². The van der Waals surface area contributed by atoms with Crippen molar-refractivity contribution in [2.24, 2.45) is 0 Å². The number of aromatic nitrogens is 2. The highest BCUT2D eigenvalue weighted by atomic mass is 32.1. The third-order valence-electron chi connectivity index (χ3n) is 4.11. The number of thiophene rings is 1. The monoisotopic (exact) mass is 309 g/mol. The predicted molar refractivity (Wildman–Crippen MR) is 86.9 cm³/mol. The molecule has 1 aliphatic heterocycles. The second-order valence-corrected chi connectivity index (χ2v) is 6.24. The van der Waals surface area contributed by atoms with Crippen LogP contribution < -0.4 is 0 Å². The molecule has 1 fully saturated rings. The fourth-order valence-corrected chi connectivity index (χ4v) is 3.74. The maximum Gasteiger partial charge on any atom is 0.274 e. The maximum absolute atomic E-state index is 12.8. The molecule has 22 heavy (non-hydrogen) atoms. The van der Waals surface area contributed by atoms with Gasteiger partial charge in [0.25, 0.3) is 5.91 Å². The van der Waals surface area contributed by atoms with Crippen molar-refractivity contribution in [1.82, 2.24) is 14.9 Å². The number of para-hydroxylation sites is 2. The maximum atomic E-state index is 12.8. The van der Waals surface area contributed by atoms with Crippen LogP contribution in [-0.4, -0.2) is 27.3 Å². The number of amides is 1. The fraction of sp³-hybridized carbons (Fsp3) is 0.235. The molecule has 1 saturated heterocycles. The largest absolute Gasteiger partial charge is 0.330 e. The number of carbonyl (C=O) groups is 1. The van der Waals surface area contributed by atoms with E-state index in [1.165, 1.54) is 5.56 Å². The lowest BCUT2D eigenvalue weighted by Crippen LogP contribution is -2.31. The van der Waals surface area contributed by atoms with E-state index in [-0.39, 0.29) is 11.9 Å². The van der Waals surface area contributed by atoms with E-state index in [0.717, 1.165) is 30.4 Å². The number of nitrogens with zero attached hydrogens (tertiary/aromatic N) is 3. The van der Waals surface area contributed by atoms with Crippen LogP contribution in [0.5, 0.6) is 0 Å². The van der Waals surface area contributed by atoms with Crippen molar-refractivity contribution < 1.29 is 4.79 Å².